The van der Waals surface area contributed by atoms with E-state index in [9.17, 15) is 23.3 Å². The van der Waals surface area contributed by atoms with Crippen molar-refractivity contribution in [1.82, 2.24) is 4.98 Å². The molecule has 0 saturated heterocycles. The van der Waals surface area contributed by atoms with Crippen molar-refractivity contribution in [2.24, 2.45) is 0 Å². The van der Waals surface area contributed by atoms with Gasteiger partial charge in [-0.3, -0.25) is 10.1 Å². The highest BCUT2D eigenvalue weighted by Gasteiger charge is 2.28. The zero-order valence-electron chi connectivity index (χ0n) is 8.49. The Bertz CT molecular complexity index is 446. The monoisotopic (exact) mass is 247 g/mol. The fourth-order valence-corrected chi connectivity index (χ4v) is 1.04. The third-order valence-electron chi connectivity index (χ3n) is 1.76. The number of pyridine rings is 1. The Hall–Kier alpha value is -2.12. The normalized spacial score (nSPS) is 11.0. The maximum atomic E-state index is 12.0. The second kappa shape index (κ2) is 4.81. The third kappa shape index (κ3) is 3.74. The largest absolute Gasteiger partial charge is 0.405 e. The number of hydrogen-bond acceptors (Lipinski definition) is 4. The van der Waals surface area contributed by atoms with Crippen LogP contribution in [0.3, 0.4) is 0 Å². The molecule has 17 heavy (non-hydrogen) atoms. The summed E-state index contributed by atoms with van der Waals surface area (Å²) >= 11 is 0. The van der Waals surface area contributed by atoms with Gasteiger partial charge in [0.05, 0.1) is 10.6 Å². The molecular weight excluding hydrogens is 239 g/mol. The van der Waals surface area contributed by atoms with Gasteiger partial charge in [0, 0.05) is 6.07 Å². The Balaban J connectivity index is 3.01. The molecule has 0 unspecified atom stereocenters. The molecular formula is C9H8F3N3O2. The van der Waals surface area contributed by atoms with Crippen molar-refractivity contribution in [3.05, 3.63) is 34.5 Å². The van der Waals surface area contributed by atoms with Gasteiger partial charge >= 0.3 is 11.9 Å². The molecule has 0 saturated carbocycles. The summed E-state index contributed by atoms with van der Waals surface area (Å²) in [7, 11) is 0. The highest BCUT2D eigenvalue weighted by molar-refractivity contribution is 5.59. The number of nitrogens with zero attached hydrogens (tertiary/aromatic N) is 2. The van der Waals surface area contributed by atoms with E-state index in [2.05, 4.69) is 11.6 Å². The van der Waals surface area contributed by atoms with Gasteiger partial charge in [0.15, 0.2) is 0 Å². The molecule has 0 aromatic carbocycles. The Morgan fingerprint density at radius 3 is 2.65 bits per heavy atom. The van der Waals surface area contributed by atoms with Crippen LogP contribution in [0.25, 0.3) is 6.08 Å². The standard InChI is InChI=1S/C9H8F3N3O2/c1-2-6-3-4-7(15(16)17)8(14-6)13-5-9(10,11)12/h2-4H,1,5H2,(H,13,14). The first-order valence-electron chi connectivity index (χ1n) is 4.42. The molecule has 1 rings (SSSR count). The quantitative estimate of drug-likeness (QED) is 0.655. The summed E-state index contributed by atoms with van der Waals surface area (Å²) in [6, 6.07) is 2.37. The molecule has 0 atom stereocenters. The van der Waals surface area contributed by atoms with E-state index < -0.39 is 29.1 Å². The fraction of sp³-hybridized carbons (Fsp3) is 0.222. The molecule has 0 aliphatic heterocycles. The second-order valence-electron chi connectivity index (χ2n) is 3.03. The lowest BCUT2D eigenvalue weighted by Crippen LogP contribution is -2.22. The molecule has 8 heteroatoms. The van der Waals surface area contributed by atoms with Gasteiger partial charge in [0.2, 0.25) is 5.82 Å². The highest BCUT2D eigenvalue weighted by Crippen LogP contribution is 2.24. The van der Waals surface area contributed by atoms with E-state index in [4.69, 9.17) is 0 Å². The number of aromatic nitrogens is 1. The molecule has 1 heterocycles. The molecule has 0 aliphatic rings. The number of halogens is 3. The van der Waals surface area contributed by atoms with Gasteiger partial charge in [0.1, 0.15) is 6.54 Å². The van der Waals surface area contributed by atoms with Crippen LogP contribution in [-0.2, 0) is 0 Å². The maximum Gasteiger partial charge on any atom is 0.405 e. The Morgan fingerprint density at radius 1 is 1.53 bits per heavy atom. The molecule has 0 spiro atoms. The molecule has 1 N–H and O–H groups in total. The summed E-state index contributed by atoms with van der Waals surface area (Å²) in [6.07, 6.45) is -3.19. The van der Waals surface area contributed by atoms with Crippen molar-refractivity contribution in [1.29, 1.82) is 0 Å². The van der Waals surface area contributed by atoms with Crippen molar-refractivity contribution in [2.75, 3.05) is 11.9 Å². The van der Waals surface area contributed by atoms with Crippen LogP contribution >= 0.6 is 0 Å². The van der Waals surface area contributed by atoms with E-state index in [-0.39, 0.29) is 5.69 Å². The summed E-state index contributed by atoms with van der Waals surface area (Å²) in [5.41, 5.74) is -0.264. The van der Waals surface area contributed by atoms with Gasteiger partial charge in [-0.05, 0) is 12.1 Å². The van der Waals surface area contributed by atoms with Crippen molar-refractivity contribution < 1.29 is 18.1 Å². The zero-order chi connectivity index (χ0) is 13.1. The summed E-state index contributed by atoms with van der Waals surface area (Å²) in [4.78, 5) is 13.4. The predicted octanol–water partition coefficient (Wildman–Crippen LogP) is 2.61. The fourth-order valence-electron chi connectivity index (χ4n) is 1.04. The highest BCUT2D eigenvalue weighted by atomic mass is 19.4. The molecule has 0 radical (unpaired) electrons. The van der Waals surface area contributed by atoms with Crippen molar-refractivity contribution in [2.45, 2.75) is 6.18 Å². The van der Waals surface area contributed by atoms with E-state index in [1.165, 1.54) is 12.1 Å². The predicted molar refractivity (Wildman–Crippen MR) is 55.5 cm³/mol. The van der Waals surface area contributed by atoms with Crippen LogP contribution in [0.1, 0.15) is 5.69 Å². The van der Waals surface area contributed by atoms with Crippen LogP contribution < -0.4 is 5.32 Å². The lowest BCUT2D eigenvalue weighted by atomic mass is 10.3. The number of nitro groups is 1. The van der Waals surface area contributed by atoms with E-state index in [1.54, 1.807) is 0 Å². The van der Waals surface area contributed by atoms with Crippen LogP contribution in [0, 0.1) is 10.1 Å². The van der Waals surface area contributed by atoms with Crippen LogP contribution in [0.2, 0.25) is 0 Å². The van der Waals surface area contributed by atoms with Crippen LogP contribution in [0.4, 0.5) is 24.7 Å². The average molecular weight is 247 g/mol. The first-order chi connectivity index (χ1) is 7.83. The number of anilines is 1. The summed E-state index contributed by atoms with van der Waals surface area (Å²) in [6.45, 7) is 1.99. The van der Waals surface area contributed by atoms with E-state index >= 15 is 0 Å². The second-order valence-corrected chi connectivity index (χ2v) is 3.03. The summed E-state index contributed by atoms with van der Waals surface area (Å²) in [5.74, 6) is -0.426. The molecule has 0 amide bonds. The Morgan fingerprint density at radius 2 is 2.18 bits per heavy atom. The zero-order valence-corrected chi connectivity index (χ0v) is 8.49. The van der Waals surface area contributed by atoms with E-state index in [0.29, 0.717) is 0 Å². The van der Waals surface area contributed by atoms with Crippen molar-refractivity contribution in [3.63, 3.8) is 0 Å². The van der Waals surface area contributed by atoms with Crippen LogP contribution in [0.15, 0.2) is 18.7 Å². The average Bonchev–Trinajstić information content (AvgIpc) is 2.24. The SMILES string of the molecule is C=Cc1ccc([N+](=O)[O-])c(NCC(F)(F)F)n1. The summed E-state index contributed by atoms with van der Waals surface area (Å²) in [5, 5.41) is 12.4. The van der Waals surface area contributed by atoms with E-state index in [1.807, 2.05) is 5.32 Å². The first kappa shape index (κ1) is 12.9. The Labute approximate surface area is 94.1 Å². The molecule has 0 aliphatic carbocycles. The van der Waals surface area contributed by atoms with Gasteiger partial charge in [0.25, 0.3) is 0 Å². The lowest BCUT2D eigenvalue weighted by Gasteiger charge is -2.09. The minimum absolute atomic E-state index is 0.250. The first-order valence-corrected chi connectivity index (χ1v) is 4.42. The maximum absolute atomic E-state index is 12.0. The van der Waals surface area contributed by atoms with E-state index in [0.717, 1.165) is 6.07 Å². The number of alkyl halides is 3. The molecule has 0 fully saturated rings. The Kier molecular flexibility index (Phi) is 3.66. The molecule has 1 aromatic rings. The van der Waals surface area contributed by atoms with Crippen LogP contribution in [0.5, 0.6) is 0 Å². The topological polar surface area (TPSA) is 68.1 Å². The minimum atomic E-state index is -4.47. The lowest BCUT2D eigenvalue weighted by molar-refractivity contribution is -0.384. The molecule has 5 nitrogen and oxygen atoms in total. The molecule has 1 aromatic heterocycles. The van der Waals surface area contributed by atoms with Gasteiger partial charge in [-0.1, -0.05) is 6.58 Å². The number of nitrogens with one attached hydrogen (secondary N) is 1. The van der Waals surface area contributed by atoms with Gasteiger partial charge in [-0.25, -0.2) is 4.98 Å². The third-order valence-corrected chi connectivity index (χ3v) is 1.76. The number of rotatable bonds is 4. The van der Waals surface area contributed by atoms with Gasteiger partial charge < -0.3 is 5.32 Å². The summed E-state index contributed by atoms with van der Waals surface area (Å²) < 4.78 is 35.9. The number of hydrogen-bond donors (Lipinski definition) is 1. The van der Waals surface area contributed by atoms with Crippen LogP contribution in [-0.4, -0.2) is 22.6 Å². The van der Waals surface area contributed by atoms with Gasteiger partial charge in [-0.2, -0.15) is 13.2 Å². The van der Waals surface area contributed by atoms with Gasteiger partial charge in [-0.15, -0.1) is 0 Å². The molecule has 0 bridgehead atoms. The minimum Gasteiger partial charge on any atom is -0.355 e. The van der Waals surface area contributed by atoms with Crippen molar-refractivity contribution in [3.8, 4) is 0 Å². The van der Waals surface area contributed by atoms with Crippen molar-refractivity contribution >= 4 is 17.6 Å². The molecule has 92 valence electrons. The smallest absolute Gasteiger partial charge is 0.355 e.